The van der Waals surface area contributed by atoms with Crippen LogP contribution in [0.4, 0.5) is 5.69 Å². The van der Waals surface area contributed by atoms with Gasteiger partial charge in [-0.05, 0) is 50.4 Å². The fraction of sp³-hybridized carbons (Fsp3) is 0.500. The molecule has 4 heterocycles. The van der Waals surface area contributed by atoms with Gasteiger partial charge < -0.3 is 10.2 Å². The number of rotatable bonds is 3. The van der Waals surface area contributed by atoms with E-state index in [0.29, 0.717) is 6.04 Å². The minimum Gasteiger partial charge on any atom is -0.381 e. The van der Waals surface area contributed by atoms with Crippen molar-refractivity contribution >= 4 is 5.69 Å². The Balaban J connectivity index is 1.41. The average Bonchev–Trinajstić information content (AvgIpc) is 3.19. The van der Waals surface area contributed by atoms with Crippen molar-refractivity contribution in [1.82, 2.24) is 19.7 Å². The molecule has 1 N–H and O–H groups in total. The molecule has 21 heavy (non-hydrogen) atoms. The minimum atomic E-state index is 0.585. The second-order valence-corrected chi connectivity index (χ2v) is 6.05. The Morgan fingerprint density at radius 3 is 3.00 bits per heavy atom. The highest BCUT2D eigenvalue weighted by molar-refractivity contribution is 5.44. The number of anilines is 1. The fourth-order valence-electron chi connectivity index (χ4n) is 3.60. The van der Waals surface area contributed by atoms with Gasteiger partial charge in [0.05, 0.1) is 11.9 Å². The monoisotopic (exact) mass is 283 g/mol. The molecule has 0 spiro atoms. The van der Waals surface area contributed by atoms with Crippen molar-refractivity contribution in [3.05, 3.63) is 36.8 Å². The molecule has 110 valence electrons. The lowest BCUT2D eigenvalue weighted by Gasteiger charge is -2.35. The quantitative estimate of drug-likeness (QED) is 0.939. The number of hydrogen-bond donors (Lipinski definition) is 1. The van der Waals surface area contributed by atoms with Crippen LogP contribution in [0.2, 0.25) is 0 Å². The third-order valence-corrected chi connectivity index (χ3v) is 4.68. The zero-order valence-electron chi connectivity index (χ0n) is 12.2. The summed E-state index contributed by atoms with van der Waals surface area (Å²) in [5.41, 5.74) is 1.11. The molecule has 5 heteroatoms. The molecule has 0 aliphatic carbocycles. The maximum Gasteiger partial charge on any atom is 0.153 e. The van der Waals surface area contributed by atoms with Crippen LogP contribution >= 0.6 is 0 Å². The second kappa shape index (κ2) is 5.48. The van der Waals surface area contributed by atoms with Crippen LogP contribution in [-0.4, -0.2) is 44.8 Å². The lowest BCUT2D eigenvalue weighted by molar-refractivity contribution is 0.188. The molecule has 2 unspecified atom stereocenters. The maximum atomic E-state index is 4.48. The van der Waals surface area contributed by atoms with Crippen LogP contribution < -0.4 is 5.32 Å². The third-order valence-electron chi connectivity index (χ3n) is 4.68. The molecular weight excluding hydrogens is 262 g/mol. The summed E-state index contributed by atoms with van der Waals surface area (Å²) in [6.07, 6.45) is 10.8. The zero-order chi connectivity index (χ0) is 14.1. The second-order valence-electron chi connectivity index (χ2n) is 6.05. The van der Waals surface area contributed by atoms with E-state index in [2.05, 4.69) is 26.4 Å². The van der Waals surface area contributed by atoms with Crippen molar-refractivity contribution in [2.45, 2.75) is 37.8 Å². The zero-order valence-corrected chi connectivity index (χ0v) is 12.2. The van der Waals surface area contributed by atoms with Crippen LogP contribution in [-0.2, 0) is 0 Å². The van der Waals surface area contributed by atoms with Crippen molar-refractivity contribution in [3.63, 3.8) is 0 Å². The van der Waals surface area contributed by atoms with E-state index in [0.717, 1.165) is 17.5 Å². The molecule has 2 saturated heterocycles. The summed E-state index contributed by atoms with van der Waals surface area (Å²) in [4.78, 5) is 7.13. The summed E-state index contributed by atoms with van der Waals surface area (Å²) < 4.78 is 1.78. The summed E-state index contributed by atoms with van der Waals surface area (Å²) in [7, 11) is 0. The van der Waals surface area contributed by atoms with E-state index in [9.17, 15) is 0 Å². The van der Waals surface area contributed by atoms with E-state index >= 15 is 0 Å². The first-order valence-electron chi connectivity index (χ1n) is 7.85. The molecule has 5 nitrogen and oxygen atoms in total. The molecule has 2 fully saturated rings. The van der Waals surface area contributed by atoms with Crippen LogP contribution in [0.25, 0.3) is 5.82 Å². The van der Waals surface area contributed by atoms with Crippen molar-refractivity contribution in [2.75, 3.05) is 18.4 Å². The van der Waals surface area contributed by atoms with Gasteiger partial charge in [0.25, 0.3) is 0 Å². The maximum absolute atomic E-state index is 4.48. The van der Waals surface area contributed by atoms with Gasteiger partial charge in [0.15, 0.2) is 5.82 Å². The topological polar surface area (TPSA) is 46.0 Å². The normalized spacial score (nSPS) is 25.7. The summed E-state index contributed by atoms with van der Waals surface area (Å²) in [6, 6.07) is 7.41. The highest BCUT2D eigenvalue weighted by Gasteiger charge is 2.31. The van der Waals surface area contributed by atoms with E-state index in [1.54, 1.807) is 10.9 Å². The number of nitrogens with zero attached hydrogens (tertiary/aromatic N) is 4. The number of aromatic nitrogens is 3. The molecule has 0 amide bonds. The number of piperidine rings is 1. The molecule has 2 aromatic rings. The first-order valence-corrected chi connectivity index (χ1v) is 7.85. The van der Waals surface area contributed by atoms with Gasteiger partial charge >= 0.3 is 0 Å². The van der Waals surface area contributed by atoms with E-state index in [4.69, 9.17) is 0 Å². The SMILES string of the molecule is c1cnn(-c2ccc(NC3CCN4CCCC4C3)cn2)c1. The lowest BCUT2D eigenvalue weighted by atomic mass is 9.97. The summed E-state index contributed by atoms with van der Waals surface area (Å²) in [6.45, 7) is 2.54. The first kappa shape index (κ1) is 12.8. The Morgan fingerprint density at radius 2 is 2.19 bits per heavy atom. The fourth-order valence-corrected chi connectivity index (χ4v) is 3.60. The van der Waals surface area contributed by atoms with Crippen LogP contribution in [0.1, 0.15) is 25.7 Å². The number of fused-ring (bicyclic) bond motifs is 1. The minimum absolute atomic E-state index is 0.585. The Kier molecular flexibility index (Phi) is 3.35. The van der Waals surface area contributed by atoms with Crippen LogP contribution in [0.3, 0.4) is 0 Å². The van der Waals surface area contributed by atoms with Gasteiger partial charge in [-0.2, -0.15) is 5.10 Å². The van der Waals surface area contributed by atoms with Gasteiger partial charge in [-0.15, -0.1) is 0 Å². The van der Waals surface area contributed by atoms with Gasteiger partial charge in [0, 0.05) is 31.0 Å². The van der Waals surface area contributed by atoms with Crippen LogP contribution in [0, 0.1) is 0 Å². The largest absolute Gasteiger partial charge is 0.381 e. The standard InChI is InChI=1S/C16H21N5/c1-3-15-11-13(6-10-20(15)8-1)19-14-4-5-16(17-12-14)21-9-2-7-18-21/h2,4-5,7,9,12-13,15,19H,1,3,6,8,10-11H2. The Labute approximate surface area is 125 Å². The molecule has 0 bridgehead atoms. The molecule has 0 saturated carbocycles. The van der Waals surface area contributed by atoms with E-state index in [1.807, 2.05) is 24.5 Å². The van der Waals surface area contributed by atoms with Crippen molar-refractivity contribution in [2.24, 2.45) is 0 Å². The highest BCUT2D eigenvalue weighted by atomic mass is 15.3. The molecule has 4 rings (SSSR count). The van der Waals surface area contributed by atoms with E-state index in [-0.39, 0.29) is 0 Å². The van der Waals surface area contributed by atoms with Gasteiger partial charge in [-0.25, -0.2) is 9.67 Å². The molecular formula is C16H21N5. The predicted molar refractivity (Wildman–Crippen MR) is 82.6 cm³/mol. The van der Waals surface area contributed by atoms with Gasteiger partial charge in [-0.1, -0.05) is 0 Å². The molecule has 2 aliphatic heterocycles. The van der Waals surface area contributed by atoms with E-state index < -0.39 is 0 Å². The predicted octanol–water partition coefficient (Wildman–Crippen LogP) is 2.31. The molecule has 0 radical (unpaired) electrons. The molecule has 2 aliphatic rings. The average molecular weight is 283 g/mol. The number of pyridine rings is 1. The molecule has 0 aromatic carbocycles. The van der Waals surface area contributed by atoms with Crippen LogP contribution in [0.15, 0.2) is 36.8 Å². The van der Waals surface area contributed by atoms with E-state index in [1.165, 1.54) is 38.8 Å². The lowest BCUT2D eigenvalue weighted by Crippen LogP contribution is -2.42. The number of nitrogens with one attached hydrogen (secondary N) is 1. The summed E-state index contributed by atoms with van der Waals surface area (Å²) in [5.74, 6) is 0.858. The van der Waals surface area contributed by atoms with Crippen molar-refractivity contribution in [3.8, 4) is 5.82 Å². The van der Waals surface area contributed by atoms with Crippen molar-refractivity contribution in [1.29, 1.82) is 0 Å². The Bertz CT molecular complexity index is 577. The van der Waals surface area contributed by atoms with Gasteiger partial charge in [0.1, 0.15) is 0 Å². The summed E-state index contributed by atoms with van der Waals surface area (Å²) in [5, 5.41) is 7.84. The molecule has 2 aromatic heterocycles. The van der Waals surface area contributed by atoms with Gasteiger partial charge in [-0.3, -0.25) is 0 Å². The summed E-state index contributed by atoms with van der Waals surface area (Å²) >= 11 is 0. The van der Waals surface area contributed by atoms with Crippen molar-refractivity contribution < 1.29 is 0 Å². The highest BCUT2D eigenvalue weighted by Crippen LogP contribution is 2.28. The molecule has 2 atom stereocenters. The number of hydrogen-bond acceptors (Lipinski definition) is 4. The Hall–Kier alpha value is -1.88. The smallest absolute Gasteiger partial charge is 0.153 e. The Morgan fingerprint density at radius 1 is 1.19 bits per heavy atom. The third kappa shape index (κ3) is 2.65. The van der Waals surface area contributed by atoms with Crippen LogP contribution in [0.5, 0.6) is 0 Å². The first-order chi connectivity index (χ1) is 10.4. The van der Waals surface area contributed by atoms with Gasteiger partial charge in [0.2, 0.25) is 0 Å².